The van der Waals surface area contributed by atoms with Crippen molar-refractivity contribution < 1.29 is 14.7 Å². The summed E-state index contributed by atoms with van der Waals surface area (Å²) in [5, 5.41) is 14.7. The van der Waals surface area contributed by atoms with E-state index in [1.807, 2.05) is 0 Å². The molecule has 0 spiro atoms. The standard InChI is InChI=1S/C12H20N2O3/c1-7(8-5-13-6-8)10(15)14-9(11(16)17)12(2,3)4/h9,13H,5-6H2,1-4H3,(H,14,15)(H,16,17)/t9-/m0/s1. The summed E-state index contributed by atoms with van der Waals surface area (Å²) in [5.74, 6) is -1.29. The zero-order valence-electron chi connectivity index (χ0n) is 10.8. The molecule has 17 heavy (non-hydrogen) atoms. The van der Waals surface area contributed by atoms with E-state index in [2.05, 4.69) is 10.6 Å². The van der Waals surface area contributed by atoms with E-state index < -0.39 is 17.4 Å². The normalized spacial score (nSPS) is 17.1. The molecule has 5 heteroatoms. The second-order valence-electron chi connectivity index (χ2n) is 5.44. The van der Waals surface area contributed by atoms with E-state index in [1.165, 1.54) is 0 Å². The Labute approximate surface area is 101 Å². The van der Waals surface area contributed by atoms with Crippen LogP contribution in [0.15, 0.2) is 11.1 Å². The third-order valence-corrected chi connectivity index (χ3v) is 2.94. The van der Waals surface area contributed by atoms with Gasteiger partial charge in [0.25, 0.3) is 0 Å². The number of hydrogen-bond acceptors (Lipinski definition) is 3. The molecule has 1 aliphatic heterocycles. The number of amides is 1. The van der Waals surface area contributed by atoms with E-state index in [-0.39, 0.29) is 5.91 Å². The Bertz CT molecular complexity index is 360. The summed E-state index contributed by atoms with van der Waals surface area (Å²) in [5.41, 5.74) is 1.16. The minimum Gasteiger partial charge on any atom is -0.480 e. The van der Waals surface area contributed by atoms with Gasteiger partial charge >= 0.3 is 5.97 Å². The van der Waals surface area contributed by atoms with Crippen molar-refractivity contribution in [3.05, 3.63) is 11.1 Å². The summed E-state index contributed by atoms with van der Waals surface area (Å²) >= 11 is 0. The molecule has 96 valence electrons. The van der Waals surface area contributed by atoms with Crippen LogP contribution in [0, 0.1) is 5.41 Å². The van der Waals surface area contributed by atoms with E-state index in [1.54, 1.807) is 27.7 Å². The Morgan fingerprint density at radius 3 is 2.18 bits per heavy atom. The minimum atomic E-state index is -1.00. The smallest absolute Gasteiger partial charge is 0.326 e. The molecule has 1 amide bonds. The topological polar surface area (TPSA) is 78.4 Å². The van der Waals surface area contributed by atoms with Crippen molar-refractivity contribution >= 4 is 11.9 Å². The molecule has 0 unspecified atom stereocenters. The molecule has 1 rings (SSSR count). The summed E-state index contributed by atoms with van der Waals surface area (Å²) < 4.78 is 0. The van der Waals surface area contributed by atoms with Crippen molar-refractivity contribution in [1.29, 1.82) is 0 Å². The number of nitrogens with one attached hydrogen (secondary N) is 2. The first-order valence-electron chi connectivity index (χ1n) is 5.66. The van der Waals surface area contributed by atoms with Crippen LogP contribution in [0.5, 0.6) is 0 Å². The Kier molecular flexibility index (Phi) is 3.93. The van der Waals surface area contributed by atoms with Crippen LogP contribution in [0.3, 0.4) is 0 Å². The zero-order chi connectivity index (χ0) is 13.2. The fourth-order valence-corrected chi connectivity index (χ4v) is 1.56. The number of hydrogen-bond donors (Lipinski definition) is 3. The highest BCUT2D eigenvalue weighted by Gasteiger charge is 2.33. The molecule has 1 atom stereocenters. The third-order valence-electron chi connectivity index (χ3n) is 2.94. The second-order valence-corrected chi connectivity index (χ2v) is 5.44. The number of rotatable bonds is 3. The van der Waals surface area contributed by atoms with Crippen molar-refractivity contribution in [2.75, 3.05) is 13.1 Å². The molecule has 1 heterocycles. The van der Waals surface area contributed by atoms with Crippen molar-refractivity contribution in [3.63, 3.8) is 0 Å². The van der Waals surface area contributed by atoms with Gasteiger partial charge in [0, 0.05) is 18.7 Å². The molecule has 5 nitrogen and oxygen atoms in total. The second kappa shape index (κ2) is 4.87. The van der Waals surface area contributed by atoms with Gasteiger partial charge in [0.15, 0.2) is 0 Å². The minimum absolute atomic E-state index is 0.288. The maximum atomic E-state index is 11.9. The molecule has 0 aromatic carbocycles. The van der Waals surface area contributed by atoms with Crippen molar-refractivity contribution in [1.82, 2.24) is 10.6 Å². The van der Waals surface area contributed by atoms with E-state index in [0.29, 0.717) is 18.7 Å². The van der Waals surface area contributed by atoms with Crippen LogP contribution in [0.2, 0.25) is 0 Å². The predicted molar refractivity (Wildman–Crippen MR) is 64.6 cm³/mol. The monoisotopic (exact) mass is 240 g/mol. The summed E-state index contributed by atoms with van der Waals surface area (Å²) in [7, 11) is 0. The summed E-state index contributed by atoms with van der Waals surface area (Å²) in [4.78, 5) is 23.0. The molecule has 0 aliphatic carbocycles. The Balaban J connectivity index is 2.75. The largest absolute Gasteiger partial charge is 0.480 e. The molecule has 0 aromatic rings. The third kappa shape index (κ3) is 3.30. The molecule has 1 fully saturated rings. The van der Waals surface area contributed by atoms with Gasteiger partial charge in [-0.25, -0.2) is 4.79 Å². The average molecular weight is 240 g/mol. The predicted octanol–water partition coefficient (Wildman–Crippen LogP) is 0.522. The van der Waals surface area contributed by atoms with E-state index >= 15 is 0 Å². The van der Waals surface area contributed by atoms with E-state index in [9.17, 15) is 9.59 Å². The quantitative estimate of drug-likeness (QED) is 0.628. The molecular formula is C12H20N2O3. The number of carbonyl (C=O) groups excluding carboxylic acids is 1. The van der Waals surface area contributed by atoms with Gasteiger partial charge in [0.2, 0.25) is 5.91 Å². The maximum Gasteiger partial charge on any atom is 0.326 e. The van der Waals surface area contributed by atoms with Crippen LogP contribution < -0.4 is 10.6 Å². The lowest BCUT2D eigenvalue weighted by molar-refractivity contribution is -0.144. The summed E-state index contributed by atoms with van der Waals surface area (Å²) in [6, 6.07) is -0.876. The summed E-state index contributed by atoms with van der Waals surface area (Å²) in [6.07, 6.45) is 0. The molecular weight excluding hydrogens is 220 g/mol. The Hall–Kier alpha value is -1.36. The fourth-order valence-electron chi connectivity index (χ4n) is 1.56. The lowest BCUT2D eigenvalue weighted by atomic mass is 9.86. The molecule has 1 aliphatic rings. The van der Waals surface area contributed by atoms with Gasteiger partial charge in [-0.05, 0) is 17.9 Å². The van der Waals surface area contributed by atoms with Crippen molar-refractivity contribution in [2.45, 2.75) is 33.7 Å². The first-order chi connectivity index (χ1) is 7.73. The lowest BCUT2D eigenvalue weighted by Gasteiger charge is -2.29. The average Bonchev–Trinajstić information content (AvgIpc) is 2.08. The van der Waals surface area contributed by atoms with E-state index in [0.717, 1.165) is 5.57 Å². The van der Waals surface area contributed by atoms with Gasteiger partial charge in [-0.2, -0.15) is 0 Å². The van der Waals surface area contributed by atoms with Gasteiger partial charge in [0.05, 0.1) is 0 Å². The van der Waals surface area contributed by atoms with Gasteiger partial charge in [-0.3, -0.25) is 4.79 Å². The van der Waals surface area contributed by atoms with Crippen LogP contribution >= 0.6 is 0 Å². The number of carboxylic acid groups (broad SMARTS) is 1. The van der Waals surface area contributed by atoms with Crippen LogP contribution in [0.4, 0.5) is 0 Å². The van der Waals surface area contributed by atoms with Crippen LogP contribution in [-0.2, 0) is 9.59 Å². The SMILES string of the molecule is CC(C(=O)N[C@@H](C(=O)O)C(C)(C)C)=C1CNC1. The molecule has 0 aromatic heterocycles. The fraction of sp³-hybridized carbons (Fsp3) is 0.667. The first-order valence-corrected chi connectivity index (χ1v) is 5.66. The van der Waals surface area contributed by atoms with Gasteiger partial charge in [-0.15, -0.1) is 0 Å². The maximum absolute atomic E-state index is 11.9. The Morgan fingerprint density at radius 2 is 1.88 bits per heavy atom. The van der Waals surface area contributed by atoms with Gasteiger partial charge in [0.1, 0.15) is 6.04 Å². The highest BCUT2D eigenvalue weighted by Crippen LogP contribution is 2.20. The van der Waals surface area contributed by atoms with E-state index in [4.69, 9.17) is 5.11 Å². The highest BCUT2D eigenvalue weighted by molar-refractivity contribution is 5.96. The van der Waals surface area contributed by atoms with Crippen LogP contribution in [0.25, 0.3) is 0 Å². The van der Waals surface area contributed by atoms with Crippen LogP contribution in [-0.4, -0.2) is 36.1 Å². The molecule has 1 saturated heterocycles. The number of carbonyl (C=O) groups is 2. The first kappa shape index (κ1) is 13.7. The zero-order valence-corrected chi connectivity index (χ0v) is 10.8. The Morgan fingerprint density at radius 1 is 1.35 bits per heavy atom. The van der Waals surface area contributed by atoms with Gasteiger partial charge < -0.3 is 15.7 Å². The molecule has 0 radical (unpaired) electrons. The molecule has 0 bridgehead atoms. The molecule has 0 saturated carbocycles. The number of carboxylic acids is 1. The lowest BCUT2D eigenvalue weighted by Crippen LogP contribution is -2.50. The summed E-state index contributed by atoms with van der Waals surface area (Å²) in [6.45, 7) is 8.53. The number of aliphatic carboxylic acids is 1. The highest BCUT2D eigenvalue weighted by atomic mass is 16.4. The molecule has 3 N–H and O–H groups in total. The van der Waals surface area contributed by atoms with Crippen molar-refractivity contribution in [2.24, 2.45) is 5.41 Å². The van der Waals surface area contributed by atoms with Crippen LogP contribution in [0.1, 0.15) is 27.7 Å². The van der Waals surface area contributed by atoms with Gasteiger partial charge in [-0.1, -0.05) is 20.8 Å². The van der Waals surface area contributed by atoms with Crippen molar-refractivity contribution in [3.8, 4) is 0 Å².